The van der Waals surface area contributed by atoms with Crippen LogP contribution in [-0.4, -0.2) is 5.78 Å². The fourth-order valence-electron chi connectivity index (χ4n) is 2.82. The van der Waals surface area contributed by atoms with E-state index in [1.807, 2.05) is 64.7 Å². The van der Waals surface area contributed by atoms with Gasteiger partial charge in [-0.15, -0.1) is 17.0 Å². The zero-order valence-corrected chi connectivity index (χ0v) is 16.0. The van der Waals surface area contributed by atoms with Crippen LogP contribution in [0.25, 0.3) is 21.3 Å². The highest BCUT2D eigenvalue weighted by Crippen LogP contribution is 2.20. The molecule has 0 atom stereocenters. The summed E-state index contributed by atoms with van der Waals surface area (Å²) in [6.45, 7) is 0.370. The van der Waals surface area contributed by atoms with Crippen LogP contribution in [0.3, 0.4) is 0 Å². The van der Waals surface area contributed by atoms with E-state index >= 15 is 0 Å². The summed E-state index contributed by atoms with van der Waals surface area (Å²) in [4.78, 5) is 12.6. The summed E-state index contributed by atoms with van der Waals surface area (Å²) in [5.41, 5.74) is 6.16. The minimum absolute atomic E-state index is 0. The van der Waals surface area contributed by atoms with Crippen LogP contribution >= 0.6 is 28.3 Å². The first kappa shape index (κ1) is 17.5. The number of hydrogen-bond acceptors (Lipinski definition) is 2. The molecule has 0 amide bonds. The second-order valence-corrected chi connectivity index (χ2v) is 6.57. The van der Waals surface area contributed by atoms with Gasteiger partial charge in [0.1, 0.15) is 4.70 Å². The fourth-order valence-corrected chi connectivity index (χ4v) is 3.71. The number of thiazole rings is 1. The third kappa shape index (κ3) is 3.70. The monoisotopic (exact) mass is 410 g/mol. The van der Waals surface area contributed by atoms with Gasteiger partial charge in [0.15, 0.2) is 0 Å². The number of carbonyl (C=O) groups is 1. The Kier molecular flexibility index (Phi) is 5.41. The number of halogens is 1. The third-order valence-electron chi connectivity index (χ3n) is 4.11. The van der Waals surface area contributed by atoms with Crippen LogP contribution in [0.15, 0.2) is 84.4 Å². The predicted octanol–water partition coefficient (Wildman–Crippen LogP) is 5.32. The van der Waals surface area contributed by atoms with E-state index in [1.165, 1.54) is 4.70 Å². The first-order valence-corrected chi connectivity index (χ1v) is 8.73. The lowest BCUT2D eigenvalue weighted by atomic mass is 10.0. The van der Waals surface area contributed by atoms with Crippen molar-refractivity contribution >= 4 is 44.3 Å². The predicted molar refractivity (Wildman–Crippen MR) is 109 cm³/mol. The molecule has 0 aliphatic rings. The lowest BCUT2D eigenvalue weighted by Gasteiger charge is -2.03. The smallest absolute Gasteiger partial charge is 0.227 e. The normalized spacial score (nSPS) is 10.4. The quantitative estimate of drug-likeness (QED) is 0.329. The van der Waals surface area contributed by atoms with Gasteiger partial charge >= 0.3 is 0 Å². The van der Waals surface area contributed by atoms with E-state index in [-0.39, 0.29) is 22.8 Å². The molecule has 0 aliphatic heterocycles. The summed E-state index contributed by atoms with van der Waals surface area (Å²) in [5, 5.41) is 0. The van der Waals surface area contributed by atoms with Crippen molar-refractivity contribution in [3.63, 3.8) is 0 Å². The lowest BCUT2D eigenvalue weighted by molar-refractivity contribution is -0.652. The summed E-state index contributed by atoms with van der Waals surface area (Å²) < 4.78 is 3.22. The second kappa shape index (κ2) is 7.72. The van der Waals surface area contributed by atoms with Crippen molar-refractivity contribution in [2.45, 2.75) is 6.54 Å². The molecule has 0 saturated carbocycles. The highest BCUT2D eigenvalue weighted by molar-refractivity contribution is 8.93. The minimum atomic E-state index is 0. The highest BCUT2D eigenvalue weighted by atomic mass is 79.9. The summed E-state index contributed by atoms with van der Waals surface area (Å²) in [5.74, 6) is 0.128. The van der Waals surface area contributed by atoms with Crippen molar-refractivity contribution in [3.05, 3.63) is 89.9 Å². The molecule has 1 heterocycles. The van der Waals surface area contributed by atoms with Gasteiger partial charge < -0.3 is 0 Å². The van der Waals surface area contributed by atoms with Crippen molar-refractivity contribution in [2.24, 2.45) is 0 Å². The summed E-state index contributed by atoms with van der Waals surface area (Å²) >= 11 is 1.66. The molecule has 0 N–H and O–H groups in total. The van der Waals surface area contributed by atoms with Gasteiger partial charge in [0, 0.05) is 11.6 Å². The van der Waals surface area contributed by atoms with Crippen molar-refractivity contribution in [1.82, 2.24) is 0 Å². The minimum Gasteiger partial charge on any atom is -0.287 e. The number of carbonyl (C=O) groups excluding carboxylic acids is 1. The number of ketones is 1. The molecule has 4 rings (SSSR count). The van der Waals surface area contributed by atoms with Crippen molar-refractivity contribution in [1.29, 1.82) is 0 Å². The molecule has 0 bridgehead atoms. The molecule has 124 valence electrons. The maximum Gasteiger partial charge on any atom is 0.227 e. The Balaban J connectivity index is 0.00000182. The Morgan fingerprint density at radius 2 is 1.44 bits per heavy atom. The standard InChI is InChI=1S/C21H16NOS.BrH/c23-20(14-22-15-24-21-9-5-4-8-19(21)22)18-12-10-17(11-13-18)16-6-2-1-3-7-16;/h1-13,15H,14H2;1H/q+1;. The number of hydrogen-bond donors (Lipinski definition) is 0. The van der Waals surface area contributed by atoms with Crippen LogP contribution in [0.2, 0.25) is 0 Å². The Hall–Kier alpha value is -2.30. The molecule has 25 heavy (non-hydrogen) atoms. The largest absolute Gasteiger partial charge is 0.287 e. The molecule has 4 aromatic rings. The molecule has 0 spiro atoms. The van der Waals surface area contributed by atoms with Gasteiger partial charge in [-0.1, -0.05) is 78.1 Å². The highest BCUT2D eigenvalue weighted by Gasteiger charge is 2.16. The van der Waals surface area contributed by atoms with Crippen molar-refractivity contribution < 1.29 is 9.36 Å². The van der Waals surface area contributed by atoms with Crippen LogP contribution in [-0.2, 0) is 6.54 Å². The zero-order valence-electron chi connectivity index (χ0n) is 13.5. The average Bonchev–Trinajstić information content (AvgIpc) is 3.06. The van der Waals surface area contributed by atoms with E-state index in [9.17, 15) is 4.79 Å². The van der Waals surface area contributed by atoms with Gasteiger partial charge in [-0.25, -0.2) is 0 Å². The summed E-state index contributed by atoms with van der Waals surface area (Å²) in [6.07, 6.45) is 0. The molecule has 1 aromatic heterocycles. The van der Waals surface area contributed by atoms with Gasteiger partial charge in [-0.2, -0.15) is 4.57 Å². The molecule has 0 unspecified atom stereocenters. The van der Waals surface area contributed by atoms with Crippen LogP contribution in [0.1, 0.15) is 10.4 Å². The average molecular weight is 411 g/mol. The van der Waals surface area contributed by atoms with E-state index < -0.39 is 0 Å². The number of benzene rings is 3. The summed E-state index contributed by atoms with van der Waals surface area (Å²) in [7, 11) is 0. The molecule has 3 aromatic carbocycles. The molecule has 2 nitrogen and oxygen atoms in total. The molecule has 0 aliphatic carbocycles. The van der Waals surface area contributed by atoms with E-state index in [0.717, 1.165) is 22.2 Å². The molecule has 0 saturated heterocycles. The molecule has 4 heteroatoms. The van der Waals surface area contributed by atoms with E-state index in [1.54, 1.807) is 11.3 Å². The first-order valence-electron chi connectivity index (χ1n) is 7.85. The Morgan fingerprint density at radius 1 is 0.800 bits per heavy atom. The number of rotatable bonds is 4. The number of aromatic nitrogens is 1. The zero-order chi connectivity index (χ0) is 16.4. The molecule has 0 fully saturated rings. The Labute approximate surface area is 161 Å². The second-order valence-electron chi connectivity index (χ2n) is 5.69. The fraction of sp³-hybridized carbons (Fsp3) is 0.0476. The maximum absolute atomic E-state index is 12.6. The number of fused-ring (bicyclic) bond motifs is 1. The maximum atomic E-state index is 12.6. The van der Waals surface area contributed by atoms with Crippen molar-refractivity contribution in [3.8, 4) is 11.1 Å². The number of Topliss-reactive ketones (excluding diaryl/α,β-unsaturated/α-hetero) is 1. The molecular formula is C21H17BrNOS+. The van der Waals surface area contributed by atoms with E-state index in [0.29, 0.717) is 6.54 Å². The van der Waals surface area contributed by atoms with Gasteiger partial charge in [-0.3, -0.25) is 4.79 Å². The van der Waals surface area contributed by atoms with Gasteiger partial charge in [0.2, 0.25) is 23.4 Å². The topological polar surface area (TPSA) is 20.9 Å². The van der Waals surface area contributed by atoms with E-state index in [4.69, 9.17) is 0 Å². The van der Waals surface area contributed by atoms with Crippen LogP contribution < -0.4 is 4.57 Å². The Morgan fingerprint density at radius 3 is 2.20 bits per heavy atom. The van der Waals surface area contributed by atoms with Gasteiger partial charge in [-0.05, 0) is 17.2 Å². The van der Waals surface area contributed by atoms with Gasteiger partial charge in [0.25, 0.3) is 0 Å². The van der Waals surface area contributed by atoms with E-state index in [2.05, 4.69) is 24.3 Å². The van der Waals surface area contributed by atoms with Gasteiger partial charge in [0.05, 0.1) is 0 Å². The van der Waals surface area contributed by atoms with Crippen LogP contribution in [0.4, 0.5) is 0 Å². The number of para-hydroxylation sites is 1. The van der Waals surface area contributed by atoms with Crippen LogP contribution in [0, 0.1) is 0 Å². The Bertz CT molecular complexity index is 993. The van der Waals surface area contributed by atoms with Crippen molar-refractivity contribution in [2.75, 3.05) is 0 Å². The lowest BCUT2D eigenvalue weighted by Crippen LogP contribution is -2.36. The summed E-state index contributed by atoms with van der Waals surface area (Å²) in [6, 6.07) is 26.2. The molecule has 0 radical (unpaired) electrons. The van der Waals surface area contributed by atoms with Crippen LogP contribution in [0.5, 0.6) is 0 Å². The third-order valence-corrected chi connectivity index (χ3v) is 5.07. The first-order chi connectivity index (χ1) is 11.8. The molecular weight excluding hydrogens is 394 g/mol. The SMILES string of the molecule is Br.O=C(C[n+]1csc2ccccc21)c1ccc(-c2ccccc2)cc1. The number of nitrogens with zero attached hydrogens (tertiary/aromatic N) is 1.